The van der Waals surface area contributed by atoms with Crippen molar-refractivity contribution in [2.45, 2.75) is 18.9 Å². The molecule has 0 bridgehead atoms. The lowest BCUT2D eigenvalue weighted by atomic mass is 10.0. The summed E-state index contributed by atoms with van der Waals surface area (Å²) in [6, 6.07) is 4.46. The topological polar surface area (TPSA) is 44.1 Å². The zero-order chi connectivity index (χ0) is 21.6. The van der Waals surface area contributed by atoms with Crippen LogP contribution in [0.4, 0.5) is 26.3 Å². The molecule has 2 aromatic carbocycles. The van der Waals surface area contributed by atoms with Gasteiger partial charge >= 0.3 is 18.3 Å². The van der Waals surface area contributed by atoms with Gasteiger partial charge in [-0.05, 0) is 51.8 Å². The van der Waals surface area contributed by atoms with E-state index in [0.717, 1.165) is 48.3 Å². The van der Waals surface area contributed by atoms with Gasteiger partial charge in [-0.25, -0.2) is 4.79 Å². The number of methoxy groups -OCH3 is 1. The number of rotatable bonds is 3. The SMILES string of the molecule is COC(=O)c1ccc(C(F)(F)F)c(Cn2ncc3cc(C(F)(F)F)cc(Br)c32)c1. The maximum Gasteiger partial charge on any atom is 0.416 e. The molecule has 1 aromatic heterocycles. The van der Waals surface area contributed by atoms with Crippen molar-refractivity contribution in [1.82, 2.24) is 9.78 Å². The minimum Gasteiger partial charge on any atom is -0.465 e. The molecule has 0 amide bonds. The molecule has 0 unspecified atom stereocenters. The van der Waals surface area contributed by atoms with Gasteiger partial charge in [0.1, 0.15) is 0 Å². The number of alkyl halides is 6. The van der Waals surface area contributed by atoms with E-state index in [1.807, 2.05) is 0 Å². The van der Waals surface area contributed by atoms with Crippen LogP contribution in [0.3, 0.4) is 0 Å². The Balaban J connectivity index is 2.12. The summed E-state index contributed by atoms with van der Waals surface area (Å²) in [5.74, 6) is -0.818. The Kier molecular flexibility index (Phi) is 5.37. The summed E-state index contributed by atoms with van der Waals surface area (Å²) in [5, 5.41) is 4.03. The Morgan fingerprint density at radius 3 is 2.38 bits per heavy atom. The van der Waals surface area contributed by atoms with Crippen molar-refractivity contribution in [3.05, 3.63) is 63.3 Å². The molecule has 0 aliphatic carbocycles. The Labute approximate surface area is 168 Å². The van der Waals surface area contributed by atoms with E-state index < -0.39 is 36.0 Å². The quantitative estimate of drug-likeness (QED) is 0.358. The van der Waals surface area contributed by atoms with Gasteiger partial charge in [-0.2, -0.15) is 31.4 Å². The molecule has 29 heavy (non-hydrogen) atoms. The summed E-state index contributed by atoms with van der Waals surface area (Å²) < 4.78 is 84.8. The Bertz CT molecular complexity index is 1090. The van der Waals surface area contributed by atoms with Crippen LogP contribution in [-0.2, 0) is 23.6 Å². The largest absolute Gasteiger partial charge is 0.465 e. The molecule has 3 aromatic rings. The lowest BCUT2D eigenvalue weighted by molar-refractivity contribution is -0.138. The number of ether oxygens (including phenoxy) is 1. The van der Waals surface area contributed by atoms with E-state index >= 15 is 0 Å². The Hall–Kier alpha value is -2.56. The Morgan fingerprint density at radius 1 is 1.10 bits per heavy atom. The predicted octanol–water partition coefficient (Wildman–Crippen LogP) is 5.67. The number of fused-ring (bicyclic) bond motifs is 1. The summed E-state index contributed by atoms with van der Waals surface area (Å²) in [5.41, 5.74) is -2.09. The minimum atomic E-state index is -4.70. The van der Waals surface area contributed by atoms with Crippen molar-refractivity contribution in [1.29, 1.82) is 0 Å². The number of carbonyl (C=O) groups excluding carboxylic acids is 1. The third kappa shape index (κ3) is 4.24. The van der Waals surface area contributed by atoms with Gasteiger partial charge in [-0.3, -0.25) is 4.68 Å². The molecule has 3 rings (SSSR count). The first kappa shape index (κ1) is 21.2. The number of hydrogen-bond acceptors (Lipinski definition) is 3. The number of nitrogens with zero attached hydrogens (tertiary/aromatic N) is 2. The molecule has 11 heteroatoms. The van der Waals surface area contributed by atoms with E-state index in [4.69, 9.17) is 0 Å². The molecule has 0 spiro atoms. The normalized spacial score (nSPS) is 12.4. The highest BCUT2D eigenvalue weighted by Crippen LogP contribution is 2.37. The van der Waals surface area contributed by atoms with Gasteiger partial charge in [0.15, 0.2) is 0 Å². The third-order valence-corrected chi connectivity index (χ3v) is 4.77. The highest BCUT2D eigenvalue weighted by atomic mass is 79.9. The molecule has 0 fully saturated rings. The van der Waals surface area contributed by atoms with Crippen molar-refractivity contribution < 1.29 is 35.9 Å². The first-order valence-corrected chi connectivity index (χ1v) is 8.72. The smallest absolute Gasteiger partial charge is 0.416 e. The van der Waals surface area contributed by atoms with Crippen molar-refractivity contribution >= 4 is 32.8 Å². The van der Waals surface area contributed by atoms with Crippen LogP contribution in [0.15, 0.2) is 41.0 Å². The van der Waals surface area contributed by atoms with Gasteiger partial charge < -0.3 is 4.74 Å². The van der Waals surface area contributed by atoms with E-state index in [1.54, 1.807) is 0 Å². The average Bonchev–Trinajstić information content (AvgIpc) is 3.02. The fourth-order valence-electron chi connectivity index (χ4n) is 2.87. The van der Waals surface area contributed by atoms with Crippen LogP contribution in [-0.4, -0.2) is 22.9 Å². The second-order valence-corrected chi connectivity index (χ2v) is 6.91. The van der Waals surface area contributed by atoms with Crippen LogP contribution in [0.1, 0.15) is 27.0 Å². The van der Waals surface area contributed by atoms with E-state index in [9.17, 15) is 31.1 Å². The second kappa shape index (κ2) is 7.36. The molecule has 0 N–H and O–H groups in total. The fraction of sp³-hybridized carbons (Fsp3) is 0.222. The molecule has 154 valence electrons. The molecule has 0 saturated carbocycles. The van der Waals surface area contributed by atoms with Crippen molar-refractivity contribution in [2.75, 3.05) is 7.11 Å². The van der Waals surface area contributed by atoms with Gasteiger partial charge in [-0.15, -0.1) is 0 Å². The fourth-order valence-corrected chi connectivity index (χ4v) is 3.55. The number of esters is 1. The molecular weight excluding hydrogens is 470 g/mol. The van der Waals surface area contributed by atoms with E-state index in [0.29, 0.717) is 0 Å². The standard InChI is InChI=1S/C18H11BrF6N2O2/c1-29-16(28)9-2-3-13(18(23,24)25)11(4-9)8-27-15-10(7-26-27)5-12(6-14(15)19)17(20,21)22/h2-7H,8H2,1H3. The molecule has 0 saturated heterocycles. The zero-order valence-corrected chi connectivity index (χ0v) is 16.1. The number of carbonyl (C=O) groups is 1. The highest BCUT2D eigenvalue weighted by Gasteiger charge is 2.34. The second-order valence-electron chi connectivity index (χ2n) is 6.06. The van der Waals surface area contributed by atoms with Crippen LogP contribution in [0.5, 0.6) is 0 Å². The first-order valence-electron chi connectivity index (χ1n) is 7.92. The van der Waals surface area contributed by atoms with Gasteiger partial charge in [0.05, 0.1) is 42.1 Å². The number of hydrogen-bond donors (Lipinski definition) is 0. The molecular formula is C18H11BrF6N2O2. The summed E-state index contributed by atoms with van der Waals surface area (Å²) in [4.78, 5) is 11.7. The van der Waals surface area contributed by atoms with Crippen molar-refractivity contribution in [3.8, 4) is 0 Å². The van der Waals surface area contributed by atoms with Crippen molar-refractivity contribution in [3.63, 3.8) is 0 Å². The van der Waals surface area contributed by atoms with Gasteiger partial charge in [0.2, 0.25) is 0 Å². The van der Waals surface area contributed by atoms with E-state index in [2.05, 4.69) is 25.8 Å². The first-order chi connectivity index (χ1) is 13.4. The van der Waals surface area contributed by atoms with Crippen LogP contribution < -0.4 is 0 Å². The summed E-state index contributed by atoms with van der Waals surface area (Å²) in [7, 11) is 1.09. The van der Waals surface area contributed by atoms with Crippen LogP contribution >= 0.6 is 15.9 Å². The van der Waals surface area contributed by atoms with Crippen LogP contribution in [0, 0.1) is 0 Å². The van der Waals surface area contributed by atoms with E-state index in [-0.39, 0.29) is 26.5 Å². The van der Waals surface area contributed by atoms with Crippen molar-refractivity contribution in [2.24, 2.45) is 0 Å². The molecule has 4 nitrogen and oxygen atoms in total. The molecule has 0 atom stereocenters. The number of aromatic nitrogens is 2. The maximum atomic E-state index is 13.4. The predicted molar refractivity (Wildman–Crippen MR) is 94.3 cm³/mol. The third-order valence-electron chi connectivity index (χ3n) is 4.17. The van der Waals surface area contributed by atoms with Gasteiger partial charge in [0, 0.05) is 9.86 Å². The molecule has 0 aliphatic rings. The van der Waals surface area contributed by atoms with E-state index in [1.165, 1.54) is 0 Å². The minimum absolute atomic E-state index is 0.0255. The van der Waals surface area contributed by atoms with Crippen LogP contribution in [0.25, 0.3) is 10.9 Å². The maximum absolute atomic E-state index is 13.4. The number of benzene rings is 2. The highest BCUT2D eigenvalue weighted by molar-refractivity contribution is 9.10. The van der Waals surface area contributed by atoms with Crippen LogP contribution in [0.2, 0.25) is 0 Å². The number of halogens is 7. The average molecular weight is 481 g/mol. The Morgan fingerprint density at radius 2 is 1.79 bits per heavy atom. The zero-order valence-electron chi connectivity index (χ0n) is 14.5. The van der Waals surface area contributed by atoms with Gasteiger partial charge in [-0.1, -0.05) is 0 Å². The molecule has 0 radical (unpaired) electrons. The summed E-state index contributed by atoms with van der Waals surface area (Å²) >= 11 is 3.03. The van der Waals surface area contributed by atoms with Gasteiger partial charge in [0.25, 0.3) is 0 Å². The molecule has 1 heterocycles. The molecule has 0 aliphatic heterocycles. The summed E-state index contributed by atoms with van der Waals surface area (Å²) in [6.07, 6.45) is -8.16. The lowest BCUT2D eigenvalue weighted by Gasteiger charge is -2.15. The summed E-state index contributed by atoms with van der Waals surface area (Å²) in [6.45, 7) is -0.423. The lowest BCUT2D eigenvalue weighted by Crippen LogP contribution is -2.14. The monoisotopic (exact) mass is 480 g/mol.